The average molecular weight is 222 g/mol. The number of benzene rings is 1. The van der Waals surface area contributed by atoms with Gasteiger partial charge in [0, 0.05) is 0 Å². The molecule has 0 aliphatic heterocycles. The summed E-state index contributed by atoms with van der Waals surface area (Å²) in [6.45, 7) is 5.89. The van der Waals surface area contributed by atoms with Crippen LogP contribution in [0.25, 0.3) is 0 Å². The van der Waals surface area contributed by atoms with E-state index in [-0.39, 0.29) is 11.4 Å². The van der Waals surface area contributed by atoms with Crippen molar-refractivity contribution in [1.82, 2.24) is 0 Å². The van der Waals surface area contributed by atoms with Gasteiger partial charge in [-0.05, 0) is 23.1 Å². The number of methoxy groups -OCH3 is 1. The lowest BCUT2D eigenvalue weighted by molar-refractivity contribution is 0.0595. The maximum absolute atomic E-state index is 11.2. The molecule has 3 heteroatoms. The highest BCUT2D eigenvalue weighted by molar-refractivity contribution is 5.89. The topological polar surface area (TPSA) is 46.5 Å². The van der Waals surface area contributed by atoms with Crippen LogP contribution < -0.4 is 0 Å². The quantitative estimate of drug-likeness (QED) is 0.782. The molecule has 0 unspecified atom stereocenters. The molecule has 1 rings (SSSR count). The summed E-state index contributed by atoms with van der Waals surface area (Å²) < 4.78 is 4.60. The molecular weight excluding hydrogens is 204 g/mol. The van der Waals surface area contributed by atoms with Gasteiger partial charge in [0.25, 0.3) is 0 Å². The molecule has 16 heavy (non-hydrogen) atoms. The van der Waals surface area contributed by atoms with Crippen LogP contribution >= 0.6 is 0 Å². The van der Waals surface area contributed by atoms with Gasteiger partial charge in [0.15, 0.2) is 0 Å². The van der Waals surface area contributed by atoms with Gasteiger partial charge in [0.2, 0.25) is 0 Å². The molecule has 1 atom stereocenters. The van der Waals surface area contributed by atoms with Crippen LogP contribution in [-0.4, -0.2) is 18.2 Å². The zero-order valence-corrected chi connectivity index (χ0v) is 10.2. The number of esters is 1. The summed E-state index contributed by atoms with van der Waals surface area (Å²) in [5.74, 6) is -0.364. The molecule has 0 saturated carbocycles. The molecule has 0 heterocycles. The van der Waals surface area contributed by atoms with Crippen molar-refractivity contribution in [2.45, 2.75) is 26.9 Å². The third-order valence-corrected chi connectivity index (χ3v) is 2.47. The highest BCUT2D eigenvalue weighted by Crippen LogP contribution is 2.32. The van der Waals surface area contributed by atoms with Crippen LogP contribution in [0.15, 0.2) is 24.3 Å². The molecule has 0 radical (unpaired) electrons. The zero-order chi connectivity index (χ0) is 12.3. The van der Waals surface area contributed by atoms with E-state index in [1.54, 1.807) is 24.3 Å². The molecule has 0 amide bonds. The Balaban J connectivity index is 2.91. The lowest BCUT2D eigenvalue weighted by atomic mass is 9.84. The summed E-state index contributed by atoms with van der Waals surface area (Å²) in [6, 6.07) is 6.83. The van der Waals surface area contributed by atoms with E-state index in [0.29, 0.717) is 5.56 Å². The molecule has 0 saturated heterocycles. The minimum absolute atomic E-state index is 0.215. The summed E-state index contributed by atoms with van der Waals surface area (Å²) in [7, 11) is 1.35. The highest BCUT2D eigenvalue weighted by Gasteiger charge is 2.23. The molecule has 1 N–H and O–H groups in total. The minimum atomic E-state index is -0.542. The number of rotatable bonds is 2. The molecule has 3 nitrogen and oxygen atoms in total. The van der Waals surface area contributed by atoms with Crippen LogP contribution in [0.1, 0.15) is 42.8 Å². The van der Waals surface area contributed by atoms with E-state index < -0.39 is 6.10 Å². The van der Waals surface area contributed by atoms with Gasteiger partial charge >= 0.3 is 5.97 Å². The van der Waals surface area contributed by atoms with Crippen molar-refractivity contribution in [2.24, 2.45) is 5.41 Å². The van der Waals surface area contributed by atoms with Crippen molar-refractivity contribution in [1.29, 1.82) is 0 Å². The lowest BCUT2D eigenvalue weighted by Crippen LogP contribution is -2.17. The van der Waals surface area contributed by atoms with Crippen LogP contribution in [0.4, 0.5) is 0 Å². The average Bonchev–Trinajstić information content (AvgIpc) is 2.26. The first kappa shape index (κ1) is 12.7. The molecule has 0 fully saturated rings. The Labute approximate surface area is 96.1 Å². The third-order valence-electron chi connectivity index (χ3n) is 2.47. The highest BCUT2D eigenvalue weighted by atomic mass is 16.5. The standard InChI is InChI=1S/C13H18O3/c1-13(2,3)11(14)9-5-7-10(8-6-9)12(15)16-4/h5-8,11,14H,1-4H3/t11-/m0/s1. The van der Waals surface area contributed by atoms with Gasteiger partial charge in [0.1, 0.15) is 0 Å². The molecule has 0 bridgehead atoms. The summed E-state index contributed by atoms with van der Waals surface area (Å²) in [6.07, 6.45) is -0.542. The molecule has 0 aliphatic carbocycles. The fourth-order valence-corrected chi connectivity index (χ4v) is 1.42. The van der Waals surface area contributed by atoms with Crippen molar-refractivity contribution in [3.63, 3.8) is 0 Å². The SMILES string of the molecule is COC(=O)c1ccc([C@H](O)C(C)(C)C)cc1. The third kappa shape index (κ3) is 2.83. The number of aliphatic hydroxyl groups excluding tert-OH is 1. The van der Waals surface area contributed by atoms with Gasteiger partial charge in [-0.3, -0.25) is 0 Å². The van der Waals surface area contributed by atoms with Crippen molar-refractivity contribution >= 4 is 5.97 Å². The maximum atomic E-state index is 11.2. The monoisotopic (exact) mass is 222 g/mol. The second-order valence-electron chi connectivity index (χ2n) is 4.88. The Morgan fingerprint density at radius 1 is 1.25 bits per heavy atom. The van der Waals surface area contributed by atoms with E-state index in [0.717, 1.165) is 5.56 Å². The van der Waals surface area contributed by atoms with Crippen LogP contribution in [0.3, 0.4) is 0 Å². The van der Waals surface area contributed by atoms with Crippen LogP contribution in [-0.2, 0) is 4.74 Å². The first-order valence-electron chi connectivity index (χ1n) is 5.22. The maximum Gasteiger partial charge on any atom is 0.337 e. The van der Waals surface area contributed by atoms with E-state index in [4.69, 9.17) is 0 Å². The molecule has 0 aromatic heterocycles. The number of carbonyl (C=O) groups is 1. The zero-order valence-electron chi connectivity index (χ0n) is 10.2. The van der Waals surface area contributed by atoms with Gasteiger partial charge in [-0.2, -0.15) is 0 Å². The molecule has 1 aromatic carbocycles. The molecular formula is C13H18O3. The van der Waals surface area contributed by atoms with Crippen molar-refractivity contribution in [3.05, 3.63) is 35.4 Å². The first-order chi connectivity index (χ1) is 7.36. The van der Waals surface area contributed by atoms with E-state index in [1.807, 2.05) is 20.8 Å². The number of hydrogen-bond donors (Lipinski definition) is 1. The van der Waals surface area contributed by atoms with E-state index in [2.05, 4.69) is 4.74 Å². The number of ether oxygens (including phenoxy) is 1. The van der Waals surface area contributed by atoms with E-state index >= 15 is 0 Å². The van der Waals surface area contributed by atoms with Crippen molar-refractivity contribution in [2.75, 3.05) is 7.11 Å². The lowest BCUT2D eigenvalue weighted by Gasteiger charge is -2.26. The number of carbonyl (C=O) groups excluding carboxylic acids is 1. The fourth-order valence-electron chi connectivity index (χ4n) is 1.42. The predicted molar refractivity (Wildman–Crippen MR) is 62.2 cm³/mol. The van der Waals surface area contributed by atoms with Gasteiger partial charge in [-0.25, -0.2) is 4.79 Å². The largest absolute Gasteiger partial charge is 0.465 e. The molecule has 1 aromatic rings. The molecule has 0 spiro atoms. The van der Waals surface area contributed by atoms with E-state index in [1.165, 1.54) is 7.11 Å². The number of hydrogen-bond acceptors (Lipinski definition) is 3. The van der Waals surface area contributed by atoms with Gasteiger partial charge in [-0.1, -0.05) is 32.9 Å². The molecule has 88 valence electrons. The van der Waals surface area contributed by atoms with Crippen LogP contribution in [0.5, 0.6) is 0 Å². The summed E-state index contributed by atoms with van der Waals surface area (Å²) in [4.78, 5) is 11.2. The Kier molecular flexibility index (Phi) is 3.70. The van der Waals surface area contributed by atoms with E-state index in [9.17, 15) is 9.90 Å². The Hall–Kier alpha value is -1.35. The predicted octanol–water partition coefficient (Wildman–Crippen LogP) is 2.55. The van der Waals surface area contributed by atoms with Crippen molar-refractivity contribution in [3.8, 4) is 0 Å². The second kappa shape index (κ2) is 4.66. The first-order valence-corrected chi connectivity index (χ1v) is 5.22. The normalized spacial score (nSPS) is 13.3. The van der Waals surface area contributed by atoms with Gasteiger partial charge in [-0.15, -0.1) is 0 Å². The summed E-state index contributed by atoms with van der Waals surface area (Å²) in [5, 5.41) is 10.0. The summed E-state index contributed by atoms with van der Waals surface area (Å²) >= 11 is 0. The smallest absolute Gasteiger partial charge is 0.337 e. The minimum Gasteiger partial charge on any atom is -0.465 e. The Morgan fingerprint density at radius 3 is 2.12 bits per heavy atom. The van der Waals surface area contributed by atoms with Crippen molar-refractivity contribution < 1.29 is 14.6 Å². The van der Waals surface area contributed by atoms with Crippen LogP contribution in [0.2, 0.25) is 0 Å². The summed E-state index contributed by atoms with van der Waals surface area (Å²) in [5.41, 5.74) is 1.08. The van der Waals surface area contributed by atoms with Crippen LogP contribution in [0, 0.1) is 5.41 Å². The Bertz CT molecular complexity index is 360. The number of aliphatic hydroxyl groups is 1. The molecule has 0 aliphatic rings. The Morgan fingerprint density at radius 2 is 1.75 bits per heavy atom. The van der Waals surface area contributed by atoms with Gasteiger partial charge in [0.05, 0.1) is 18.8 Å². The fraction of sp³-hybridized carbons (Fsp3) is 0.462. The van der Waals surface area contributed by atoms with Gasteiger partial charge < -0.3 is 9.84 Å². The second-order valence-corrected chi connectivity index (χ2v) is 4.88.